The summed E-state index contributed by atoms with van der Waals surface area (Å²) in [6.07, 6.45) is -8.82. The van der Waals surface area contributed by atoms with E-state index in [9.17, 15) is 54.3 Å². The maximum absolute atomic E-state index is 15.2. The summed E-state index contributed by atoms with van der Waals surface area (Å²) >= 11 is 0. The summed E-state index contributed by atoms with van der Waals surface area (Å²) in [6, 6.07) is -1.37. The van der Waals surface area contributed by atoms with Crippen LogP contribution in [0.4, 0.5) is 31.1 Å². The molecule has 1 aromatic heterocycles. The zero-order chi connectivity index (χ0) is 47.5. The molecule has 3 N–H and O–H groups in total. The number of ether oxygens (including phenoxy) is 3. The fourth-order valence-corrected chi connectivity index (χ4v) is 9.89. The Balaban J connectivity index is 1.46. The van der Waals surface area contributed by atoms with Crippen LogP contribution in [0.3, 0.4) is 0 Å². The molecule has 0 unspecified atom stereocenters. The van der Waals surface area contributed by atoms with Gasteiger partial charge in [-0.05, 0) is 71.1 Å². The van der Waals surface area contributed by atoms with Crippen LogP contribution in [0.15, 0.2) is 24.3 Å². The van der Waals surface area contributed by atoms with Crippen molar-refractivity contribution in [3.8, 4) is 17.4 Å². The minimum absolute atomic E-state index is 0.0363. The Morgan fingerprint density at radius 1 is 1.03 bits per heavy atom. The zero-order valence-corrected chi connectivity index (χ0v) is 37.0. The molecular formula is C41H52F6N6O10S. The van der Waals surface area contributed by atoms with Crippen LogP contribution in [0, 0.1) is 17.8 Å². The largest absolute Gasteiger partial charge is 0.493 e. The SMILES string of the molecule is CC[C@@H]1C[C@H](C)CC/C=C\[C@@H]2C[C@@]2(C(=O)NS(=O)(=O)C2(C)CC2)NC(=O)[C@@H]2C[C@@H](Oc3cc4nc(OC)c(C(F)(F)F)nc4cc3OC)CN2C(=O)[C@H]1N(C(=O)O)C(C)(C)C(F)(F)F. The van der Waals surface area contributed by atoms with Crippen LogP contribution in [0.5, 0.6) is 17.4 Å². The number of halogens is 6. The van der Waals surface area contributed by atoms with Crippen LogP contribution in [-0.4, -0.2) is 118 Å². The summed E-state index contributed by atoms with van der Waals surface area (Å²) in [5.74, 6) is -6.33. The molecule has 23 heteroatoms. The van der Waals surface area contributed by atoms with Crippen LogP contribution < -0.4 is 24.2 Å². The van der Waals surface area contributed by atoms with E-state index in [0.717, 1.165) is 18.1 Å². The van der Waals surface area contributed by atoms with E-state index < -0.39 is 117 Å². The highest BCUT2D eigenvalue weighted by molar-refractivity contribution is 7.91. The first-order chi connectivity index (χ1) is 29.6. The number of hydrogen-bond donors (Lipinski definition) is 3. The number of fused-ring (bicyclic) bond motifs is 3. The molecule has 3 heterocycles. The van der Waals surface area contributed by atoms with Crippen molar-refractivity contribution in [3.05, 3.63) is 30.0 Å². The first-order valence-corrected chi connectivity index (χ1v) is 22.3. The molecule has 64 heavy (non-hydrogen) atoms. The molecule has 2 aliphatic carbocycles. The average Bonchev–Trinajstić information content (AvgIpc) is 4.08. The van der Waals surface area contributed by atoms with Crippen molar-refractivity contribution >= 4 is 44.9 Å². The standard InChI is InChI=1S/C41H52F6N6O10S/c1-8-22-15-21(2)11-9-10-12-23-19-39(23,35(56)51-64(59,60)38(5)13-14-38)50-32(54)27-16-24(20-52(27)34(55)30(22)53(36(57)58)37(3,4)41(45,46)47)63-29-18-26-25(17-28(29)61-6)48-31(40(42,43)44)33(49-26)62-7/h10,12,17-18,21-24,27,30H,8-9,11,13-16,19-20H2,1-7H3,(H,50,54)(H,51,56)(H,57,58)/b12-10-/t21-,22-,23-,24-,27+,30+,39-/m1/s1. The number of aromatic nitrogens is 2. The molecule has 0 radical (unpaired) electrons. The molecule has 1 saturated heterocycles. The molecule has 2 saturated carbocycles. The molecule has 2 aromatic rings. The Morgan fingerprint density at radius 3 is 2.23 bits per heavy atom. The molecule has 16 nitrogen and oxygen atoms in total. The van der Waals surface area contributed by atoms with Crippen LogP contribution >= 0.6 is 0 Å². The van der Waals surface area contributed by atoms with Gasteiger partial charge in [-0.2, -0.15) is 26.3 Å². The van der Waals surface area contributed by atoms with Crippen molar-refractivity contribution in [1.29, 1.82) is 0 Å². The second-order valence-corrected chi connectivity index (χ2v) is 20.1. The number of alkyl halides is 6. The van der Waals surface area contributed by atoms with Crippen molar-refractivity contribution < 1.29 is 73.3 Å². The smallest absolute Gasteiger partial charge is 0.438 e. The fraction of sp³-hybridized carbons (Fsp3) is 0.659. The van der Waals surface area contributed by atoms with Crippen LogP contribution in [0.25, 0.3) is 11.0 Å². The van der Waals surface area contributed by atoms with Crippen LogP contribution in [-0.2, 0) is 30.6 Å². The summed E-state index contributed by atoms with van der Waals surface area (Å²) in [6.45, 7) is 5.62. The summed E-state index contributed by atoms with van der Waals surface area (Å²) < 4.78 is 130. The molecule has 0 bridgehead atoms. The van der Waals surface area contributed by atoms with Gasteiger partial charge in [0.05, 0.1) is 36.5 Å². The summed E-state index contributed by atoms with van der Waals surface area (Å²) in [4.78, 5) is 65.5. The first-order valence-electron chi connectivity index (χ1n) is 20.8. The lowest BCUT2D eigenvalue weighted by Gasteiger charge is -2.46. The predicted octanol–water partition coefficient (Wildman–Crippen LogP) is 5.98. The van der Waals surface area contributed by atoms with Crippen molar-refractivity contribution in [2.75, 3.05) is 20.8 Å². The highest BCUT2D eigenvalue weighted by Gasteiger charge is 2.64. The molecule has 2 aliphatic heterocycles. The second-order valence-electron chi connectivity index (χ2n) is 17.9. The number of benzene rings is 1. The second kappa shape index (κ2) is 17.0. The zero-order valence-electron chi connectivity index (χ0n) is 36.2. The lowest BCUT2D eigenvalue weighted by molar-refractivity contribution is -0.222. The lowest BCUT2D eigenvalue weighted by atomic mass is 9.82. The normalized spacial score (nSPS) is 28.1. The van der Waals surface area contributed by atoms with Crippen molar-refractivity contribution in [1.82, 2.24) is 29.8 Å². The Labute approximate surface area is 365 Å². The number of carbonyl (C=O) groups is 4. The van der Waals surface area contributed by atoms with Crippen LogP contribution in [0.1, 0.15) is 91.7 Å². The van der Waals surface area contributed by atoms with Gasteiger partial charge in [-0.3, -0.25) is 24.0 Å². The van der Waals surface area contributed by atoms with E-state index in [1.165, 1.54) is 20.1 Å². The number of methoxy groups -OCH3 is 2. The van der Waals surface area contributed by atoms with E-state index in [1.54, 1.807) is 19.1 Å². The average molecular weight is 935 g/mol. The number of sulfonamides is 1. The number of rotatable bonds is 10. The van der Waals surface area contributed by atoms with Gasteiger partial charge in [-0.1, -0.05) is 32.4 Å². The van der Waals surface area contributed by atoms with Crippen molar-refractivity contribution in [2.24, 2.45) is 17.8 Å². The Hall–Kier alpha value is -5.09. The lowest BCUT2D eigenvalue weighted by Crippen LogP contribution is -2.66. The number of amides is 4. The third-order valence-electron chi connectivity index (χ3n) is 13.0. The summed E-state index contributed by atoms with van der Waals surface area (Å²) in [5.41, 5.74) is -6.79. The maximum atomic E-state index is 15.2. The summed E-state index contributed by atoms with van der Waals surface area (Å²) in [7, 11) is -2.06. The van der Waals surface area contributed by atoms with E-state index in [4.69, 9.17) is 14.2 Å². The van der Waals surface area contributed by atoms with Crippen molar-refractivity contribution in [2.45, 2.75) is 132 Å². The highest BCUT2D eigenvalue weighted by atomic mass is 32.2. The Kier molecular flexibility index (Phi) is 12.9. The topological polar surface area (TPSA) is 207 Å². The van der Waals surface area contributed by atoms with E-state index in [1.807, 2.05) is 6.92 Å². The molecule has 4 aliphatic rings. The fourth-order valence-electron chi connectivity index (χ4n) is 8.58. The molecule has 7 atom stereocenters. The Morgan fingerprint density at radius 2 is 1.67 bits per heavy atom. The highest BCUT2D eigenvalue weighted by Crippen LogP contribution is 2.48. The monoisotopic (exact) mass is 934 g/mol. The molecule has 1 aromatic carbocycles. The number of allylic oxidation sites excluding steroid dienone is 1. The number of hydrogen-bond acceptors (Lipinski definition) is 11. The molecule has 0 spiro atoms. The molecular weight excluding hydrogens is 883 g/mol. The number of nitrogens with one attached hydrogen (secondary N) is 2. The molecule has 3 fully saturated rings. The predicted molar refractivity (Wildman–Crippen MR) is 216 cm³/mol. The van der Waals surface area contributed by atoms with E-state index in [0.29, 0.717) is 39.5 Å². The van der Waals surface area contributed by atoms with Gasteiger partial charge in [-0.15, -0.1) is 0 Å². The minimum atomic E-state index is -5.18. The van der Waals surface area contributed by atoms with Gasteiger partial charge in [0.2, 0.25) is 33.4 Å². The van der Waals surface area contributed by atoms with Gasteiger partial charge >= 0.3 is 18.4 Å². The van der Waals surface area contributed by atoms with Gasteiger partial charge in [0, 0.05) is 24.5 Å². The van der Waals surface area contributed by atoms with Gasteiger partial charge in [0.1, 0.15) is 29.3 Å². The van der Waals surface area contributed by atoms with E-state index >= 15 is 4.79 Å². The maximum Gasteiger partial charge on any atom is 0.438 e. The quantitative estimate of drug-likeness (QED) is 0.186. The third-order valence-corrected chi connectivity index (χ3v) is 15.2. The number of nitrogens with zero attached hydrogens (tertiary/aromatic N) is 4. The third kappa shape index (κ3) is 9.09. The van der Waals surface area contributed by atoms with Crippen LogP contribution in [0.2, 0.25) is 0 Å². The van der Waals surface area contributed by atoms with Gasteiger partial charge < -0.3 is 29.5 Å². The first kappa shape index (κ1) is 48.4. The Bertz CT molecular complexity index is 2320. The molecule has 6 rings (SSSR count). The minimum Gasteiger partial charge on any atom is -0.493 e. The van der Waals surface area contributed by atoms with Gasteiger partial charge in [0.15, 0.2) is 11.5 Å². The van der Waals surface area contributed by atoms with Gasteiger partial charge in [0.25, 0.3) is 5.91 Å². The van der Waals surface area contributed by atoms with E-state index in [-0.39, 0.29) is 52.6 Å². The van der Waals surface area contributed by atoms with E-state index in [2.05, 4.69) is 20.0 Å². The summed E-state index contributed by atoms with van der Waals surface area (Å²) in [5, 5.41) is 13.2. The van der Waals surface area contributed by atoms with Gasteiger partial charge in [-0.25, -0.2) is 23.2 Å². The number of carboxylic acid groups (broad SMARTS) is 1. The van der Waals surface area contributed by atoms with Crippen molar-refractivity contribution in [3.63, 3.8) is 0 Å². The molecule has 354 valence electrons. The molecule has 4 amide bonds. The number of carbonyl (C=O) groups excluding carboxylic acids is 3.